The minimum absolute atomic E-state index is 0.289. The van der Waals surface area contributed by atoms with Gasteiger partial charge in [0.05, 0.1) is 6.10 Å². The molecule has 0 radical (unpaired) electrons. The topological polar surface area (TPSA) is 12.5 Å². The van der Waals surface area contributed by atoms with Crippen molar-refractivity contribution in [1.82, 2.24) is 4.90 Å². The highest BCUT2D eigenvalue weighted by Gasteiger charge is 2.36. The molecule has 0 amide bonds. The van der Waals surface area contributed by atoms with E-state index in [1.807, 2.05) is 0 Å². The Morgan fingerprint density at radius 3 is 2.54 bits per heavy atom. The molecule has 13 heavy (non-hydrogen) atoms. The third-order valence-corrected chi connectivity index (χ3v) is 3.35. The summed E-state index contributed by atoms with van der Waals surface area (Å²) >= 11 is 0. The van der Waals surface area contributed by atoms with Crippen LogP contribution in [-0.2, 0) is 4.74 Å². The Hall–Kier alpha value is -0.0800. The van der Waals surface area contributed by atoms with E-state index in [-0.39, 0.29) is 5.54 Å². The Bertz CT molecular complexity index is 167. The van der Waals surface area contributed by atoms with Gasteiger partial charge in [0, 0.05) is 18.2 Å². The summed E-state index contributed by atoms with van der Waals surface area (Å²) in [7, 11) is 2.22. The van der Waals surface area contributed by atoms with E-state index in [1.165, 1.54) is 6.42 Å². The number of piperidine rings is 1. The molecule has 0 aromatic heterocycles. The maximum absolute atomic E-state index is 5.71. The molecule has 2 heteroatoms. The molecule has 0 aromatic rings. The summed E-state index contributed by atoms with van der Waals surface area (Å²) in [5.41, 5.74) is 0.289. The molecule has 0 N–H and O–H groups in total. The van der Waals surface area contributed by atoms with Gasteiger partial charge in [0.1, 0.15) is 0 Å². The second-order valence-electron chi connectivity index (χ2n) is 4.79. The molecule has 1 aliphatic rings. The lowest BCUT2D eigenvalue weighted by atomic mass is 9.85. The molecule has 2 nitrogen and oxygen atoms in total. The van der Waals surface area contributed by atoms with Gasteiger partial charge < -0.3 is 4.74 Å². The third-order valence-electron chi connectivity index (χ3n) is 3.35. The van der Waals surface area contributed by atoms with Crippen molar-refractivity contribution < 1.29 is 4.74 Å². The average Bonchev–Trinajstić information content (AvgIpc) is 2.00. The average molecular weight is 185 g/mol. The number of rotatable bonds is 2. The predicted molar refractivity (Wildman–Crippen MR) is 56.0 cm³/mol. The van der Waals surface area contributed by atoms with Crippen LogP contribution in [0.3, 0.4) is 0 Å². The molecule has 0 aliphatic carbocycles. The van der Waals surface area contributed by atoms with Crippen molar-refractivity contribution in [3.05, 3.63) is 0 Å². The van der Waals surface area contributed by atoms with Gasteiger partial charge in [-0.05, 0) is 47.6 Å². The van der Waals surface area contributed by atoms with Crippen molar-refractivity contribution in [2.45, 2.75) is 58.2 Å². The van der Waals surface area contributed by atoms with E-state index in [2.05, 4.69) is 39.6 Å². The quantitative estimate of drug-likeness (QED) is 0.654. The zero-order valence-electron chi connectivity index (χ0n) is 9.63. The first-order valence-electron chi connectivity index (χ1n) is 5.32. The van der Waals surface area contributed by atoms with Crippen molar-refractivity contribution >= 4 is 0 Å². The van der Waals surface area contributed by atoms with Crippen molar-refractivity contribution in [2.24, 2.45) is 0 Å². The Labute approximate surface area is 82.3 Å². The van der Waals surface area contributed by atoms with Crippen LogP contribution >= 0.6 is 0 Å². The SMILES string of the molecule is CCOC1C[C@@H](C)N(C)C(C)(C)C1. The van der Waals surface area contributed by atoms with Gasteiger partial charge in [-0.25, -0.2) is 0 Å². The summed E-state index contributed by atoms with van der Waals surface area (Å²) in [4.78, 5) is 2.46. The Kier molecular flexibility index (Phi) is 3.36. The second kappa shape index (κ2) is 3.97. The van der Waals surface area contributed by atoms with E-state index in [9.17, 15) is 0 Å². The molecular weight excluding hydrogens is 162 g/mol. The van der Waals surface area contributed by atoms with Crippen LogP contribution in [0.15, 0.2) is 0 Å². The van der Waals surface area contributed by atoms with Crippen LogP contribution in [0.5, 0.6) is 0 Å². The first-order chi connectivity index (χ1) is 5.97. The molecule has 0 spiro atoms. The maximum Gasteiger partial charge on any atom is 0.0607 e. The molecule has 0 bridgehead atoms. The fraction of sp³-hybridized carbons (Fsp3) is 1.00. The van der Waals surface area contributed by atoms with Gasteiger partial charge in [0.25, 0.3) is 0 Å². The number of ether oxygens (including phenoxy) is 1. The Morgan fingerprint density at radius 1 is 1.46 bits per heavy atom. The van der Waals surface area contributed by atoms with Crippen LogP contribution in [0.1, 0.15) is 40.5 Å². The highest BCUT2D eigenvalue weighted by atomic mass is 16.5. The van der Waals surface area contributed by atoms with E-state index in [1.54, 1.807) is 0 Å². The van der Waals surface area contributed by atoms with Gasteiger partial charge in [-0.15, -0.1) is 0 Å². The maximum atomic E-state index is 5.71. The molecule has 1 rings (SSSR count). The minimum atomic E-state index is 0.289. The van der Waals surface area contributed by atoms with E-state index in [4.69, 9.17) is 4.74 Å². The summed E-state index contributed by atoms with van der Waals surface area (Å²) in [5.74, 6) is 0. The highest BCUT2D eigenvalue weighted by molar-refractivity contribution is 4.92. The van der Waals surface area contributed by atoms with E-state index >= 15 is 0 Å². The number of likely N-dealkylation sites (tertiary alicyclic amines) is 1. The normalized spacial score (nSPS) is 34.8. The molecule has 1 unspecified atom stereocenters. The molecule has 1 fully saturated rings. The third kappa shape index (κ3) is 2.44. The first-order valence-corrected chi connectivity index (χ1v) is 5.32. The van der Waals surface area contributed by atoms with Crippen LogP contribution in [-0.4, -0.2) is 36.2 Å². The van der Waals surface area contributed by atoms with Crippen molar-refractivity contribution in [3.8, 4) is 0 Å². The van der Waals surface area contributed by atoms with E-state index in [0.29, 0.717) is 12.1 Å². The van der Waals surface area contributed by atoms with E-state index < -0.39 is 0 Å². The summed E-state index contributed by atoms with van der Waals surface area (Å²) in [6, 6.07) is 0.639. The molecular formula is C11H23NO. The Balaban J connectivity index is 2.59. The molecule has 1 heterocycles. The number of nitrogens with zero attached hydrogens (tertiary/aromatic N) is 1. The zero-order valence-corrected chi connectivity index (χ0v) is 9.63. The largest absolute Gasteiger partial charge is 0.378 e. The van der Waals surface area contributed by atoms with Crippen molar-refractivity contribution in [2.75, 3.05) is 13.7 Å². The molecule has 78 valence electrons. The van der Waals surface area contributed by atoms with Crippen LogP contribution < -0.4 is 0 Å². The van der Waals surface area contributed by atoms with Gasteiger partial charge >= 0.3 is 0 Å². The van der Waals surface area contributed by atoms with Crippen LogP contribution in [0.2, 0.25) is 0 Å². The summed E-state index contributed by atoms with van der Waals surface area (Å²) in [6.07, 6.45) is 2.79. The number of hydrogen-bond donors (Lipinski definition) is 0. The van der Waals surface area contributed by atoms with Crippen LogP contribution in [0.25, 0.3) is 0 Å². The first kappa shape index (κ1) is 11.0. The van der Waals surface area contributed by atoms with Crippen LogP contribution in [0, 0.1) is 0 Å². The standard InChI is InChI=1S/C11H23NO/c1-6-13-10-7-9(2)12(5)11(3,4)8-10/h9-10H,6-8H2,1-5H3/t9-,10?/m1/s1. The predicted octanol–water partition coefficient (Wildman–Crippen LogP) is 2.28. The summed E-state index contributed by atoms with van der Waals surface area (Å²) in [6.45, 7) is 9.81. The van der Waals surface area contributed by atoms with Gasteiger partial charge in [0.2, 0.25) is 0 Å². The lowest BCUT2D eigenvalue weighted by Crippen LogP contribution is -2.54. The second-order valence-corrected chi connectivity index (χ2v) is 4.79. The monoisotopic (exact) mass is 185 g/mol. The molecule has 0 aromatic carbocycles. The lowest BCUT2D eigenvalue weighted by Gasteiger charge is -2.47. The fourth-order valence-corrected chi connectivity index (χ4v) is 2.28. The smallest absolute Gasteiger partial charge is 0.0607 e. The van der Waals surface area contributed by atoms with Gasteiger partial charge in [0.15, 0.2) is 0 Å². The lowest BCUT2D eigenvalue weighted by molar-refractivity contribution is -0.0536. The molecule has 1 aliphatic heterocycles. The molecule has 2 atom stereocenters. The van der Waals surface area contributed by atoms with Crippen LogP contribution in [0.4, 0.5) is 0 Å². The van der Waals surface area contributed by atoms with Gasteiger partial charge in [-0.2, -0.15) is 0 Å². The summed E-state index contributed by atoms with van der Waals surface area (Å²) < 4.78 is 5.71. The highest BCUT2D eigenvalue weighted by Crippen LogP contribution is 2.31. The van der Waals surface area contributed by atoms with Crippen molar-refractivity contribution in [1.29, 1.82) is 0 Å². The fourth-order valence-electron chi connectivity index (χ4n) is 2.28. The zero-order chi connectivity index (χ0) is 10.1. The summed E-state index contributed by atoms with van der Waals surface area (Å²) in [5, 5.41) is 0. The van der Waals surface area contributed by atoms with Crippen molar-refractivity contribution in [3.63, 3.8) is 0 Å². The number of hydrogen-bond acceptors (Lipinski definition) is 2. The molecule has 1 saturated heterocycles. The van der Waals surface area contributed by atoms with E-state index in [0.717, 1.165) is 13.0 Å². The molecule has 0 saturated carbocycles. The van der Waals surface area contributed by atoms with Gasteiger partial charge in [-0.1, -0.05) is 0 Å². The minimum Gasteiger partial charge on any atom is -0.378 e. The Morgan fingerprint density at radius 2 is 2.08 bits per heavy atom. The van der Waals surface area contributed by atoms with Gasteiger partial charge in [-0.3, -0.25) is 4.90 Å².